The molecule has 1 atom stereocenters. The first-order chi connectivity index (χ1) is 18.5. The molecule has 3 aliphatic heterocycles. The number of benzene rings is 4. The van der Waals surface area contributed by atoms with Gasteiger partial charge in [-0.15, -0.1) is 0 Å². The maximum absolute atomic E-state index is 14.2. The molecule has 8 heteroatoms. The van der Waals surface area contributed by atoms with Crippen LogP contribution in [0.3, 0.4) is 0 Å². The molecular weight excluding hydrogens is 504 g/mol. The van der Waals surface area contributed by atoms with E-state index in [2.05, 4.69) is 5.32 Å². The van der Waals surface area contributed by atoms with E-state index in [-0.39, 0.29) is 25.2 Å². The number of ether oxygens (including phenoxy) is 3. The van der Waals surface area contributed by atoms with Crippen molar-refractivity contribution in [3.63, 3.8) is 0 Å². The van der Waals surface area contributed by atoms with Gasteiger partial charge in [0.05, 0.1) is 6.54 Å². The van der Waals surface area contributed by atoms with Gasteiger partial charge >= 0.3 is 0 Å². The van der Waals surface area contributed by atoms with Crippen molar-refractivity contribution in [3.8, 4) is 17.2 Å². The van der Waals surface area contributed by atoms with Crippen molar-refractivity contribution in [2.45, 2.75) is 12.0 Å². The Kier molecular flexibility index (Phi) is 5.09. The molecule has 1 N–H and O–H groups in total. The number of nitrogens with zero attached hydrogens (tertiary/aromatic N) is 1. The lowest BCUT2D eigenvalue weighted by molar-refractivity contribution is -0.122. The summed E-state index contributed by atoms with van der Waals surface area (Å²) < 4.78 is 17.2. The van der Waals surface area contributed by atoms with Crippen LogP contribution in [-0.2, 0) is 16.8 Å². The van der Waals surface area contributed by atoms with E-state index in [9.17, 15) is 9.59 Å². The fraction of sp³-hybridized carbons (Fsp3) is 0.133. The van der Waals surface area contributed by atoms with Crippen molar-refractivity contribution in [1.29, 1.82) is 0 Å². The number of nitrogens with one attached hydrogen (secondary N) is 1. The Labute approximate surface area is 223 Å². The zero-order valence-corrected chi connectivity index (χ0v) is 20.8. The average molecular weight is 525 g/mol. The number of carbonyl (C=O) groups is 2. The predicted octanol–water partition coefficient (Wildman–Crippen LogP) is 5.55. The highest BCUT2D eigenvalue weighted by Crippen LogP contribution is 2.55. The number of amides is 2. The molecule has 0 aliphatic carbocycles. The largest absolute Gasteiger partial charge is 0.491 e. The van der Waals surface area contributed by atoms with Gasteiger partial charge in [0.15, 0.2) is 11.5 Å². The highest BCUT2D eigenvalue weighted by molar-refractivity contribution is 6.31. The van der Waals surface area contributed by atoms with Gasteiger partial charge in [-0.25, -0.2) is 0 Å². The van der Waals surface area contributed by atoms with Crippen LogP contribution < -0.4 is 24.4 Å². The van der Waals surface area contributed by atoms with Crippen molar-refractivity contribution in [2.24, 2.45) is 0 Å². The smallest absolute Gasteiger partial charge is 0.255 e. The van der Waals surface area contributed by atoms with Crippen LogP contribution in [0.25, 0.3) is 0 Å². The summed E-state index contributed by atoms with van der Waals surface area (Å²) in [6.07, 6.45) is 0. The molecule has 1 spiro atoms. The van der Waals surface area contributed by atoms with E-state index < -0.39 is 5.41 Å². The summed E-state index contributed by atoms with van der Waals surface area (Å²) >= 11 is 6.02. The monoisotopic (exact) mass is 524 g/mol. The molecule has 38 heavy (non-hydrogen) atoms. The number of fused-ring (bicyclic) bond motifs is 5. The van der Waals surface area contributed by atoms with E-state index in [0.29, 0.717) is 40.1 Å². The number of anilines is 2. The maximum atomic E-state index is 14.2. The van der Waals surface area contributed by atoms with Crippen LogP contribution in [0.4, 0.5) is 11.4 Å². The van der Waals surface area contributed by atoms with Crippen molar-refractivity contribution in [2.75, 3.05) is 23.6 Å². The van der Waals surface area contributed by atoms with Crippen LogP contribution in [-0.4, -0.2) is 25.2 Å². The van der Waals surface area contributed by atoms with Gasteiger partial charge in [0.1, 0.15) is 17.8 Å². The summed E-state index contributed by atoms with van der Waals surface area (Å²) in [5.41, 5.74) is 3.60. The van der Waals surface area contributed by atoms with Crippen LogP contribution in [0.5, 0.6) is 17.2 Å². The summed E-state index contributed by atoms with van der Waals surface area (Å²) in [4.78, 5) is 28.7. The van der Waals surface area contributed by atoms with Crippen LogP contribution >= 0.6 is 11.6 Å². The Hall–Kier alpha value is -4.49. The molecule has 0 aromatic heterocycles. The van der Waals surface area contributed by atoms with Gasteiger partial charge in [-0.2, -0.15) is 0 Å². The van der Waals surface area contributed by atoms with Gasteiger partial charge < -0.3 is 24.4 Å². The second-order valence-corrected chi connectivity index (χ2v) is 9.90. The van der Waals surface area contributed by atoms with E-state index in [1.807, 2.05) is 42.5 Å². The molecule has 188 valence electrons. The third kappa shape index (κ3) is 3.43. The van der Waals surface area contributed by atoms with Crippen molar-refractivity contribution in [3.05, 3.63) is 112 Å². The topological polar surface area (TPSA) is 77.1 Å². The molecule has 4 aromatic carbocycles. The number of hydrogen-bond donors (Lipinski definition) is 1. The number of halogens is 1. The summed E-state index contributed by atoms with van der Waals surface area (Å²) in [5.74, 6) is 1.58. The minimum absolute atomic E-state index is 0.0564. The van der Waals surface area contributed by atoms with Gasteiger partial charge in [0, 0.05) is 33.6 Å². The van der Waals surface area contributed by atoms with E-state index in [0.717, 1.165) is 22.4 Å². The number of carbonyl (C=O) groups excluding carboxylic acids is 2. The lowest BCUT2D eigenvalue weighted by atomic mass is 9.77. The van der Waals surface area contributed by atoms with Gasteiger partial charge in [0.2, 0.25) is 12.7 Å². The summed E-state index contributed by atoms with van der Waals surface area (Å²) in [5, 5.41) is 3.40. The van der Waals surface area contributed by atoms with Crippen molar-refractivity contribution >= 4 is 34.8 Å². The van der Waals surface area contributed by atoms with Crippen LogP contribution in [0, 0.1) is 0 Å². The van der Waals surface area contributed by atoms with E-state index in [1.165, 1.54) is 0 Å². The second kappa shape index (κ2) is 8.53. The lowest BCUT2D eigenvalue weighted by Gasteiger charge is -2.23. The molecule has 0 saturated carbocycles. The SMILES string of the molecule is O=C(Nc1cccc(Cl)c1)c1ccc(CN2C(=O)C3(COc4cc5c(cc43)OCO5)c3ccccc32)cc1. The third-order valence-electron chi connectivity index (χ3n) is 7.28. The Balaban J connectivity index is 1.17. The summed E-state index contributed by atoms with van der Waals surface area (Å²) in [6, 6.07) is 25.7. The average Bonchev–Trinajstić information content (AvgIpc) is 3.60. The molecule has 1 unspecified atom stereocenters. The zero-order valence-electron chi connectivity index (χ0n) is 20.1. The Bertz CT molecular complexity index is 1620. The second-order valence-electron chi connectivity index (χ2n) is 9.47. The van der Waals surface area contributed by atoms with Gasteiger partial charge in [-0.05, 0) is 53.6 Å². The van der Waals surface area contributed by atoms with E-state index >= 15 is 0 Å². The number of para-hydroxylation sites is 1. The van der Waals surface area contributed by atoms with E-state index in [1.54, 1.807) is 47.4 Å². The Morgan fingerprint density at radius 1 is 0.868 bits per heavy atom. The maximum Gasteiger partial charge on any atom is 0.255 e. The number of hydrogen-bond acceptors (Lipinski definition) is 5. The highest BCUT2D eigenvalue weighted by Gasteiger charge is 2.57. The first-order valence-electron chi connectivity index (χ1n) is 12.2. The molecule has 0 fully saturated rings. The summed E-state index contributed by atoms with van der Waals surface area (Å²) in [7, 11) is 0. The molecule has 3 heterocycles. The third-order valence-corrected chi connectivity index (χ3v) is 7.52. The molecule has 7 rings (SSSR count). The first kappa shape index (κ1) is 22.7. The molecular formula is C30H21ClN2O5. The molecule has 7 nitrogen and oxygen atoms in total. The highest BCUT2D eigenvalue weighted by atomic mass is 35.5. The minimum Gasteiger partial charge on any atom is -0.491 e. The van der Waals surface area contributed by atoms with E-state index in [4.69, 9.17) is 25.8 Å². The lowest BCUT2D eigenvalue weighted by Crippen LogP contribution is -2.42. The Morgan fingerprint density at radius 2 is 1.66 bits per heavy atom. The zero-order chi connectivity index (χ0) is 25.9. The predicted molar refractivity (Wildman–Crippen MR) is 142 cm³/mol. The fourth-order valence-electron chi connectivity index (χ4n) is 5.44. The van der Waals surface area contributed by atoms with Gasteiger partial charge in [-0.1, -0.05) is 48.0 Å². The summed E-state index contributed by atoms with van der Waals surface area (Å²) in [6.45, 7) is 0.711. The van der Waals surface area contributed by atoms with Crippen molar-refractivity contribution < 1.29 is 23.8 Å². The fourth-order valence-corrected chi connectivity index (χ4v) is 5.63. The standard InChI is InChI=1S/C30H21ClN2O5/c31-20-4-3-5-21(12-20)32-28(34)19-10-8-18(9-11-19)15-33-24-7-2-1-6-22(24)30(29(33)35)16-36-25-14-27-26(13-23(25)30)37-17-38-27/h1-14H,15-17H2,(H,32,34). The quantitative estimate of drug-likeness (QED) is 0.379. The minimum atomic E-state index is -0.955. The first-order valence-corrected chi connectivity index (χ1v) is 12.5. The molecule has 3 aliphatic rings. The van der Waals surface area contributed by atoms with Gasteiger partial charge in [0.25, 0.3) is 5.91 Å². The molecule has 0 bridgehead atoms. The molecule has 0 saturated heterocycles. The van der Waals surface area contributed by atoms with Crippen LogP contribution in [0.2, 0.25) is 5.02 Å². The van der Waals surface area contributed by atoms with Crippen molar-refractivity contribution in [1.82, 2.24) is 0 Å². The van der Waals surface area contributed by atoms with Crippen LogP contribution in [0.15, 0.2) is 84.9 Å². The molecule has 4 aromatic rings. The van der Waals surface area contributed by atoms with Gasteiger partial charge in [-0.3, -0.25) is 9.59 Å². The Morgan fingerprint density at radius 3 is 2.47 bits per heavy atom. The molecule has 2 amide bonds. The normalized spacial score (nSPS) is 18.3. The molecule has 0 radical (unpaired) electrons. The van der Waals surface area contributed by atoms with Crippen LogP contribution in [0.1, 0.15) is 27.0 Å². The number of rotatable bonds is 4.